The van der Waals surface area contributed by atoms with E-state index in [0.29, 0.717) is 18.6 Å². The lowest BCUT2D eigenvalue weighted by Crippen LogP contribution is -2.57. The lowest BCUT2D eigenvalue weighted by atomic mass is 10.1. The van der Waals surface area contributed by atoms with Gasteiger partial charge in [0.05, 0.1) is 10.4 Å². The van der Waals surface area contributed by atoms with Gasteiger partial charge in [-0.1, -0.05) is 30.3 Å². The summed E-state index contributed by atoms with van der Waals surface area (Å²) in [6.45, 7) is 5.73. The van der Waals surface area contributed by atoms with Crippen LogP contribution >= 0.6 is 0 Å². The smallest absolute Gasteiger partial charge is 0.408 e. The Labute approximate surface area is 170 Å². The van der Waals surface area contributed by atoms with Gasteiger partial charge in [0.15, 0.2) is 5.58 Å². The number of aryl methyl sites for hydroxylation is 1. The number of benzene rings is 2. The van der Waals surface area contributed by atoms with Crippen LogP contribution < -0.4 is 5.76 Å². The van der Waals surface area contributed by atoms with Crippen molar-refractivity contribution >= 4 is 21.1 Å². The molecule has 1 aromatic heterocycles. The van der Waals surface area contributed by atoms with Crippen LogP contribution in [0.15, 0.2) is 62.6 Å². The number of fused-ring (bicyclic) bond motifs is 1. The summed E-state index contributed by atoms with van der Waals surface area (Å²) in [4.78, 5) is 14.2. The zero-order valence-electron chi connectivity index (χ0n) is 16.8. The van der Waals surface area contributed by atoms with Crippen LogP contribution in [0.1, 0.15) is 19.4 Å². The highest BCUT2D eigenvalue weighted by Gasteiger charge is 2.36. The van der Waals surface area contributed by atoms with Gasteiger partial charge >= 0.3 is 5.76 Å². The number of piperazine rings is 1. The Morgan fingerprint density at radius 2 is 1.69 bits per heavy atom. The Kier molecular flexibility index (Phi) is 5.10. The first kappa shape index (κ1) is 19.9. The molecule has 0 spiro atoms. The lowest BCUT2D eigenvalue weighted by Gasteiger charge is -2.43. The molecule has 1 aliphatic heterocycles. The molecular formula is C21H25N3O4S. The molecule has 0 amide bonds. The van der Waals surface area contributed by atoms with E-state index in [1.165, 1.54) is 26.6 Å². The molecular weight excluding hydrogens is 390 g/mol. The van der Waals surface area contributed by atoms with Crippen molar-refractivity contribution in [3.8, 4) is 0 Å². The van der Waals surface area contributed by atoms with Gasteiger partial charge in [-0.2, -0.15) is 4.31 Å². The molecule has 2 aromatic carbocycles. The van der Waals surface area contributed by atoms with Crippen molar-refractivity contribution in [3.05, 3.63) is 64.6 Å². The first-order chi connectivity index (χ1) is 13.8. The fourth-order valence-electron chi connectivity index (χ4n) is 4.03. The molecule has 1 aliphatic rings. The van der Waals surface area contributed by atoms with E-state index in [4.69, 9.17) is 4.42 Å². The molecule has 1 fully saturated rings. The van der Waals surface area contributed by atoms with Crippen molar-refractivity contribution in [2.24, 2.45) is 7.05 Å². The zero-order chi connectivity index (χ0) is 20.8. The third kappa shape index (κ3) is 3.63. The zero-order valence-corrected chi connectivity index (χ0v) is 17.6. The monoisotopic (exact) mass is 415 g/mol. The Morgan fingerprint density at radius 3 is 2.34 bits per heavy atom. The van der Waals surface area contributed by atoms with Gasteiger partial charge in [0.25, 0.3) is 0 Å². The van der Waals surface area contributed by atoms with Gasteiger partial charge in [0.2, 0.25) is 10.0 Å². The minimum Gasteiger partial charge on any atom is -0.408 e. The number of rotatable bonds is 4. The Hall–Kier alpha value is -2.42. The number of oxazole rings is 1. The van der Waals surface area contributed by atoms with Crippen molar-refractivity contribution in [1.29, 1.82) is 0 Å². The van der Waals surface area contributed by atoms with Crippen LogP contribution in [0, 0.1) is 0 Å². The average molecular weight is 416 g/mol. The van der Waals surface area contributed by atoms with E-state index in [9.17, 15) is 13.2 Å². The van der Waals surface area contributed by atoms with E-state index in [-0.39, 0.29) is 22.6 Å². The van der Waals surface area contributed by atoms with Crippen LogP contribution in [0.3, 0.4) is 0 Å². The van der Waals surface area contributed by atoms with E-state index >= 15 is 0 Å². The summed E-state index contributed by atoms with van der Waals surface area (Å²) in [5.74, 6) is -0.508. The highest BCUT2D eigenvalue weighted by Crippen LogP contribution is 2.26. The summed E-state index contributed by atoms with van der Waals surface area (Å²) in [5, 5.41) is 0. The molecule has 7 nitrogen and oxygen atoms in total. The van der Waals surface area contributed by atoms with Crippen LogP contribution in [-0.2, 0) is 23.6 Å². The molecule has 0 aliphatic carbocycles. The average Bonchev–Trinajstić information content (AvgIpc) is 2.98. The predicted octanol–water partition coefficient (Wildman–Crippen LogP) is 2.42. The number of aromatic nitrogens is 1. The van der Waals surface area contributed by atoms with Crippen molar-refractivity contribution < 1.29 is 12.8 Å². The number of hydrogen-bond donors (Lipinski definition) is 0. The molecule has 0 N–H and O–H groups in total. The molecule has 0 bridgehead atoms. The van der Waals surface area contributed by atoms with Gasteiger partial charge in [-0.15, -0.1) is 0 Å². The van der Waals surface area contributed by atoms with Gasteiger partial charge in [-0.05, 0) is 31.5 Å². The summed E-state index contributed by atoms with van der Waals surface area (Å²) < 4.78 is 34.6. The molecule has 8 heteroatoms. The summed E-state index contributed by atoms with van der Waals surface area (Å²) in [6, 6.07) is 15.0. The second-order valence-corrected chi connectivity index (χ2v) is 9.67. The Balaban J connectivity index is 1.58. The van der Waals surface area contributed by atoms with Crippen LogP contribution in [0.2, 0.25) is 0 Å². The topological polar surface area (TPSA) is 75.8 Å². The number of sulfonamides is 1. The maximum atomic E-state index is 13.3. The summed E-state index contributed by atoms with van der Waals surface area (Å²) in [6.07, 6.45) is 0. The highest BCUT2D eigenvalue weighted by molar-refractivity contribution is 7.89. The Bertz CT molecular complexity index is 1170. The SMILES string of the molecule is CC1CN(S(=O)(=O)c2ccc3c(c2)oc(=O)n3C)CC(C)N1Cc1ccccc1. The maximum absolute atomic E-state index is 13.3. The molecule has 0 saturated carbocycles. The maximum Gasteiger partial charge on any atom is 0.419 e. The van der Waals surface area contributed by atoms with Gasteiger partial charge in [0.1, 0.15) is 0 Å². The van der Waals surface area contributed by atoms with Crippen LogP contribution in [0.4, 0.5) is 0 Å². The number of hydrogen-bond acceptors (Lipinski definition) is 5. The van der Waals surface area contributed by atoms with Crippen molar-refractivity contribution in [2.75, 3.05) is 13.1 Å². The van der Waals surface area contributed by atoms with Gasteiger partial charge in [-0.25, -0.2) is 13.2 Å². The molecule has 3 aromatic rings. The molecule has 1 saturated heterocycles. The molecule has 29 heavy (non-hydrogen) atoms. The van der Waals surface area contributed by atoms with Crippen LogP contribution in [0.25, 0.3) is 11.1 Å². The van der Waals surface area contributed by atoms with Gasteiger partial charge < -0.3 is 4.42 Å². The summed E-state index contributed by atoms with van der Waals surface area (Å²) >= 11 is 0. The van der Waals surface area contributed by atoms with E-state index in [1.807, 2.05) is 18.2 Å². The first-order valence-corrected chi connectivity index (χ1v) is 11.1. The minimum atomic E-state index is -3.68. The summed E-state index contributed by atoms with van der Waals surface area (Å²) in [7, 11) is -2.09. The van der Waals surface area contributed by atoms with Gasteiger partial charge in [0, 0.05) is 44.8 Å². The molecule has 2 atom stereocenters. The lowest BCUT2D eigenvalue weighted by molar-refractivity contribution is 0.0699. The van der Waals surface area contributed by atoms with Crippen molar-refractivity contribution in [3.63, 3.8) is 0 Å². The normalized spacial score (nSPS) is 21.6. The van der Waals surface area contributed by atoms with Crippen molar-refractivity contribution in [1.82, 2.24) is 13.8 Å². The molecule has 2 heterocycles. The second kappa shape index (κ2) is 7.44. The standard InChI is InChI=1S/C21H25N3O4S/c1-15-12-23(13-16(2)24(15)14-17-7-5-4-6-8-17)29(26,27)18-9-10-19-20(11-18)28-21(25)22(19)3/h4-11,15-16H,12-14H2,1-3H3. The van der Waals surface area contributed by atoms with Crippen LogP contribution in [0.5, 0.6) is 0 Å². The fourth-order valence-corrected chi connectivity index (χ4v) is 5.65. The quantitative estimate of drug-likeness (QED) is 0.654. The third-order valence-electron chi connectivity index (χ3n) is 5.68. The number of nitrogens with zero attached hydrogens (tertiary/aromatic N) is 3. The second-order valence-electron chi connectivity index (χ2n) is 7.73. The van der Waals surface area contributed by atoms with E-state index in [0.717, 1.165) is 6.54 Å². The minimum absolute atomic E-state index is 0.0760. The predicted molar refractivity (Wildman–Crippen MR) is 111 cm³/mol. The van der Waals surface area contributed by atoms with E-state index in [1.54, 1.807) is 13.1 Å². The van der Waals surface area contributed by atoms with E-state index in [2.05, 4.69) is 30.9 Å². The van der Waals surface area contributed by atoms with E-state index < -0.39 is 15.8 Å². The largest absolute Gasteiger partial charge is 0.419 e. The third-order valence-corrected chi connectivity index (χ3v) is 7.51. The molecule has 4 rings (SSSR count). The van der Waals surface area contributed by atoms with Crippen molar-refractivity contribution in [2.45, 2.75) is 37.4 Å². The fraction of sp³-hybridized carbons (Fsp3) is 0.381. The highest BCUT2D eigenvalue weighted by atomic mass is 32.2. The Morgan fingerprint density at radius 1 is 1.03 bits per heavy atom. The van der Waals surface area contributed by atoms with Gasteiger partial charge in [-0.3, -0.25) is 9.47 Å². The van der Waals surface area contributed by atoms with Crippen LogP contribution in [-0.4, -0.2) is 47.4 Å². The molecule has 2 unspecified atom stereocenters. The first-order valence-electron chi connectivity index (χ1n) is 9.67. The summed E-state index contributed by atoms with van der Waals surface area (Å²) in [5.41, 5.74) is 2.07. The molecule has 0 radical (unpaired) electrons. The molecule has 154 valence electrons.